The molecular formula is C38H32. The van der Waals surface area contributed by atoms with Crippen LogP contribution < -0.4 is 0 Å². The molecule has 0 amide bonds. The lowest BCUT2D eigenvalue weighted by Gasteiger charge is -2.30. The number of rotatable bonds is 4. The minimum Gasteiger partial charge on any atom is -0.0642 e. The fourth-order valence-corrected chi connectivity index (χ4v) is 6.95. The van der Waals surface area contributed by atoms with Crippen LogP contribution in [-0.4, -0.2) is 0 Å². The molecule has 1 aliphatic rings. The Balaban J connectivity index is 1.41. The smallest absolute Gasteiger partial charge is 0.0210 e. The minimum atomic E-state index is 0.0769. The van der Waals surface area contributed by atoms with E-state index in [9.17, 15) is 0 Å². The Morgan fingerprint density at radius 2 is 1.00 bits per heavy atom. The summed E-state index contributed by atoms with van der Waals surface area (Å²) in [5, 5.41) is 5.17. The van der Waals surface area contributed by atoms with Gasteiger partial charge in [0.05, 0.1) is 0 Å². The molecule has 0 radical (unpaired) electrons. The van der Waals surface area contributed by atoms with E-state index in [0.717, 1.165) is 12.8 Å². The topological polar surface area (TPSA) is 0 Å². The van der Waals surface area contributed by atoms with Gasteiger partial charge in [-0.05, 0) is 98.0 Å². The number of aryl methyl sites for hydroxylation is 1. The third kappa shape index (κ3) is 3.30. The highest BCUT2D eigenvalue weighted by atomic mass is 14.4. The van der Waals surface area contributed by atoms with Crippen molar-refractivity contribution in [2.24, 2.45) is 0 Å². The van der Waals surface area contributed by atoms with Gasteiger partial charge in [-0.2, -0.15) is 0 Å². The van der Waals surface area contributed by atoms with Crippen LogP contribution in [0.25, 0.3) is 54.9 Å². The SMILES string of the molecule is CCC1(CC)c2cc(C)ccc2-c2ccc(-c3ccc(-c4ccc5ccccc5c4)c4ccccc34)cc21. The zero-order chi connectivity index (χ0) is 25.9. The first-order valence-electron chi connectivity index (χ1n) is 13.9. The molecule has 0 fully saturated rings. The van der Waals surface area contributed by atoms with Gasteiger partial charge in [0.25, 0.3) is 0 Å². The van der Waals surface area contributed by atoms with E-state index in [1.54, 1.807) is 0 Å². The Hall–Kier alpha value is -4.16. The second kappa shape index (κ2) is 8.71. The highest BCUT2D eigenvalue weighted by molar-refractivity contribution is 6.06. The largest absolute Gasteiger partial charge is 0.0642 e. The van der Waals surface area contributed by atoms with Gasteiger partial charge >= 0.3 is 0 Å². The maximum atomic E-state index is 2.50. The Bertz CT molecular complexity index is 1850. The molecule has 0 heteroatoms. The van der Waals surface area contributed by atoms with Crippen molar-refractivity contribution in [2.45, 2.75) is 39.0 Å². The van der Waals surface area contributed by atoms with Crippen molar-refractivity contribution in [3.05, 3.63) is 132 Å². The molecule has 0 aliphatic heterocycles. The van der Waals surface area contributed by atoms with Crippen molar-refractivity contribution in [3.63, 3.8) is 0 Å². The number of hydrogen-bond acceptors (Lipinski definition) is 0. The van der Waals surface area contributed by atoms with E-state index >= 15 is 0 Å². The number of fused-ring (bicyclic) bond motifs is 5. The second-order valence-electron chi connectivity index (χ2n) is 10.9. The molecule has 0 bridgehead atoms. The van der Waals surface area contributed by atoms with Gasteiger partial charge in [-0.3, -0.25) is 0 Å². The van der Waals surface area contributed by atoms with Crippen LogP contribution in [0.2, 0.25) is 0 Å². The molecule has 1 aliphatic carbocycles. The summed E-state index contributed by atoms with van der Waals surface area (Å²) < 4.78 is 0. The van der Waals surface area contributed by atoms with Crippen LogP contribution in [0.4, 0.5) is 0 Å². The summed E-state index contributed by atoms with van der Waals surface area (Å²) in [6.07, 6.45) is 2.22. The van der Waals surface area contributed by atoms with Gasteiger partial charge < -0.3 is 0 Å². The van der Waals surface area contributed by atoms with Crippen molar-refractivity contribution in [1.29, 1.82) is 0 Å². The molecule has 38 heavy (non-hydrogen) atoms. The van der Waals surface area contributed by atoms with Gasteiger partial charge in [0.2, 0.25) is 0 Å². The maximum Gasteiger partial charge on any atom is 0.0210 e. The zero-order valence-corrected chi connectivity index (χ0v) is 22.4. The maximum absolute atomic E-state index is 2.50. The lowest BCUT2D eigenvalue weighted by molar-refractivity contribution is 0.490. The van der Waals surface area contributed by atoms with Crippen LogP contribution >= 0.6 is 0 Å². The first kappa shape index (κ1) is 23.0. The summed E-state index contributed by atoms with van der Waals surface area (Å²) in [5.74, 6) is 0. The van der Waals surface area contributed by atoms with Gasteiger partial charge in [-0.25, -0.2) is 0 Å². The van der Waals surface area contributed by atoms with Crippen LogP contribution in [0.15, 0.2) is 115 Å². The van der Waals surface area contributed by atoms with Crippen LogP contribution in [0.1, 0.15) is 43.4 Å². The van der Waals surface area contributed by atoms with Crippen LogP contribution in [-0.2, 0) is 5.41 Å². The first-order valence-corrected chi connectivity index (χ1v) is 13.9. The standard InChI is InChI=1S/C38H32/c1-4-38(5-2)36-22-25(3)14-18-34(36)35-19-17-29(24-37(35)38)31-21-20-30(32-12-8-9-13-33(31)32)28-16-15-26-10-6-7-11-27(26)23-28/h6-24H,4-5H2,1-3H3. The highest BCUT2D eigenvalue weighted by Crippen LogP contribution is 2.54. The van der Waals surface area contributed by atoms with Crippen LogP contribution in [0, 0.1) is 6.92 Å². The molecule has 0 unspecified atom stereocenters. The fraction of sp³-hybridized carbons (Fsp3) is 0.158. The molecule has 0 aromatic heterocycles. The van der Waals surface area contributed by atoms with Gasteiger partial charge in [0.15, 0.2) is 0 Å². The Kier molecular flexibility index (Phi) is 5.27. The second-order valence-corrected chi connectivity index (χ2v) is 10.9. The summed E-state index contributed by atoms with van der Waals surface area (Å²) in [6, 6.07) is 43.2. The van der Waals surface area contributed by atoms with Gasteiger partial charge in [0.1, 0.15) is 0 Å². The highest BCUT2D eigenvalue weighted by Gasteiger charge is 2.40. The summed E-state index contributed by atoms with van der Waals surface area (Å²) in [6.45, 7) is 6.92. The molecule has 0 nitrogen and oxygen atoms in total. The van der Waals surface area contributed by atoms with Crippen molar-refractivity contribution in [3.8, 4) is 33.4 Å². The monoisotopic (exact) mass is 488 g/mol. The minimum absolute atomic E-state index is 0.0769. The zero-order valence-electron chi connectivity index (χ0n) is 22.4. The van der Waals surface area contributed by atoms with Gasteiger partial charge in [0, 0.05) is 5.41 Å². The molecule has 0 atom stereocenters. The molecule has 0 heterocycles. The van der Waals surface area contributed by atoms with E-state index in [2.05, 4.69) is 136 Å². The van der Waals surface area contributed by atoms with Crippen molar-refractivity contribution >= 4 is 21.5 Å². The van der Waals surface area contributed by atoms with E-state index in [4.69, 9.17) is 0 Å². The van der Waals surface area contributed by atoms with E-state index in [1.165, 1.54) is 71.6 Å². The fourth-order valence-electron chi connectivity index (χ4n) is 6.95. The van der Waals surface area contributed by atoms with E-state index in [1.807, 2.05) is 0 Å². The third-order valence-corrected chi connectivity index (χ3v) is 9.02. The average molecular weight is 489 g/mol. The lowest BCUT2D eigenvalue weighted by atomic mass is 9.73. The average Bonchev–Trinajstić information content (AvgIpc) is 3.24. The van der Waals surface area contributed by atoms with Crippen LogP contribution in [0.5, 0.6) is 0 Å². The Labute approximate surface area is 225 Å². The first-order chi connectivity index (χ1) is 18.6. The summed E-state index contributed by atoms with van der Waals surface area (Å²) in [4.78, 5) is 0. The number of benzene rings is 6. The van der Waals surface area contributed by atoms with Gasteiger partial charge in [-0.1, -0.05) is 123 Å². The molecule has 0 spiro atoms. The van der Waals surface area contributed by atoms with E-state index in [0.29, 0.717) is 0 Å². The van der Waals surface area contributed by atoms with Crippen LogP contribution in [0.3, 0.4) is 0 Å². The number of hydrogen-bond donors (Lipinski definition) is 0. The molecule has 0 saturated heterocycles. The summed E-state index contributed by atoms with van der Waals surface area (Å²) in [5.41, 5.74) is 12.4. The third-order valence-electron chi connectivity index (χ3n) is 9.02. The van der Waals surface area contributed by atoms with Crippen molar-refractivity contribution in [1.82, 2.24) is 0 Å². The summed E-state index contributed by atoms with van der Waals surface area (Å²) >= 11 is 0. The Morgan fingerprint density at radius 3 is 1.68 bits per heavy atom. The molecule has 0 saturated carbocycles. The predicted molar refractivity (Wildman–Crippen MR) is 164 cm³/mol. The van der Waals surface area contributed by atoms with E-state index < -0.39 is 0 Å². The predicted octanol–water partition coefficient (Wildman–Crippen LogP) is 10.7. The van der Waals surface area contributed by atoms with Crippen molar-refractivity contribution < 1.29 is 0 Å². The molecule has 184 valence electrons. The molecule has 0 N–H and O–H groups in total. The van der Waals surface area contributed by atoms with Gasteiger partial charge in [-0.15, -0.1) is 0 Å². The summed E-state index contributed by atoms with van der Waals surface area (Å²) in [7, 11) is 0. The van der Waals surface area contributed by atoms with Crippen molar-refractivity contribution in [2.75, 3.05) is 0 Å². The molecular weight excluding hydrogens is 456 g/mol. The molecule has 6 aromatic rings. The Morgan fingerprint density at radius 1 is 0.474 bits per heavy atom. The quantitative estimate of drug-likeness (QED) is 0.231. The van der Waals surface area contributed by atoms with E-state index in [-0.39, 0.29) is 5.41 Å². The molecule has 6 aromatic carbocycles. The normalized spacial score (nSPS) is 13.6. The molecule has 7 rings (SSSR count). The lowest BCUT2D eigenvalue weighted by Crippen LogP contribution is -2.23.